The Morgan fingerprint density at radius 2 is 2.44 bits per heavy atom. The van der Waals surface area contributed by atoms with E-state index in [-0.39, 0.29) is 5.56 Å². The average molecular weight is 209 g/mol. The van der Waals surface area contributed by atoms with Gasteiger partial charge in [0.2, 0.25) is 0 Å². The molecule has 0 aliphatic carbocycles. The van der Waals surface area contributed by atoms with Gasteiger partial charge in [-0.05, 0) is 24.5 Å². The molecule has 1 aromatic rings. The monoisotopic (exact) mass is 207 g/mol. The molecule has 1 aromatic carbocycles. The first kappa shape index (κ1) is 3.99. The lowest BCUT2D eigenvalue weighted by Gasteiger charge is -1.95. The maximum absolute atomic E-state index is 7.14. The van der Waals surface area contributed by atoms with E-state index in [1.54, 1.807) is 12.1 Å². The number of hydrogen-bond acceptors (Lipinski definition) is 0. The summed E-state index contributed by atoms with van der Waals surface area (Å²) in [5.74, 6) is 0. The van der Waals surface area contributed by atoms with Crippen LogP contribution in [0.5, 0.6) is 0 Å². The molecule has 9 heavy (non-hydrogen) atoms. The largest absolute Gasteiger partial charge is 0.0843 e. The molecule has 1 rings (SSSR count). The lowest BCUT2D eigenvalue weighted by Crippen LogP contribution is -1.72. The van der Waals surface area contributed by atoms with Crippen molar-refractivity contribution in [1.82, 2.24) is 0 Å². The fourth-order valence-electron chi connectivity index (χ4n) is 0.489. The van der Waals surface area contributed by atoms with E-state index in [0.717, 1.165) is 0 Å². The van der Waals surface area contributed by atoms with Crippen molar-refractivity contribution < 1.29 is 4.11 Å². The molecule has 0 fully saturated rings. The van der Waals surface area contributed by atoms with Crippen molar-refractivity contribution in [3.8, 4) is 0 Å². The van der Waals surface area contributed by atoms with Crippen LogP contribution in [0.2, 0.25) is 5.02 Å². The molecule has 0 N–H and O–H groups in total. The van der Waals surface area contributed by atoms with Crippen molar-refractivity contribution in [3.63, 3.8) is 0 Å². The minimum absolute atomic E-state index is 0.284. The molecule has 0 aliphatic rings. The molecule has 0 spiro atoms. The van der Waals surface area contributed by atoms with Crippen molar-refractivity contribution in [2.45, 2.75) is 6.85 Å². The number of aryl methyl sites for hydroxylation is 1. The molecule has 0 saturated heterocycles. The third-order valence-electron chi connectivity index (χ3n) is 0.931. The van der Waals surface area contributed by atoms with Crippen molar-refractivity contribution in [2.24, 2.45) is 0 Å². The van der Waals surface area contributed by atoms with Gasteiger partial charge in [0.1, 0.15) is 0 Å². The first-order valence-electron chi connectivity index (χ1n) is 3.87. The third-order valence-corrected chi connectivity index (χ3v) is 1.82. The van der Waals surface area contributed by atoms with E-state index in [2.05, 4.69) is 15.9 Å². The highest BCUT2D eigenvalue weighted by Crippen LogP contribution is 2.19. The van der Waals surface area contributed by atoms with Gasteiger partial charge in [0, 0.05) is 13.6 Å². The quantitative estimate of drug-likeness (QED) is 0.613. The first-order chi connectivity index (χ1) is 5.41. The Labute approximate surface area is 72.2 Å². The van der Waals surface area contributed by atoms with Gasteiger partial charge in [-0.1, -0.05) is 33.6 Å². The molecule has 0 radical (unpaired) electrons. The summed E-state index contributed by atoms with van der Waals surface area (Å²) in [6.45, 7) is -2.08. The maximum atomic E-state index is 7.14. The van der Waals surface area contributed by atoms with Crippen molar-refractivity contribution in [2.75, 3.05) is 0 Å². The van der Waals surface area contributed by atoms with Gasteiger partial charge in [-0.3, -0.25) is 0 Å². The van der Waals surface area contributed by atoms with Crippen molar-refractivity contribution in [1.29, 1.82) is 0 Å². The van der Waals surface area contributed by atoms with E-state index in [0.29, 0.717) is 9.50 Å². The standard InChI is InChI=1S/C7H6BrCl/c1-5-2-3-6(9)4-7(5)8/h2-4H,1H3/i1D3. The molecule has 0 unspecified atom stereocenters. The summed E-state index contributed by atoms with van der Waals surface area (Å²) < 4.78 is 22.0. The third kappa shape index (κ3) is 1.70. The Morgan fingerprint density at radius 3 is 3.00 bits per heavy atom. The predicted molar refractivity (Wildman–Crippen MR) is 43.9 cm³/mol. The van der Waals surface area contributed by atoms with E-state index in [4.69, 9.17) is 15.7 Å². The lowest BCUT2D eigenvalue weighted by molar-refractivity contribution is 1.43. The summed E-state index contributed by atoms with van der Waals surface area (Å²) in [4.78, 5) is 0. The van der Waals surface area contributed by atoms with Crippen LogP contribution in [-0.4, -0.2) is 0 Å². The zero-order valence-corrected chi connectivity index (χ0v) is 6.83. The Balaban J connectivity index is 3.19. The highest BCUT2D eigenvalue weighted by Gasteiger charge is 1.92. The lowest BCUT2D eigenvalue weighted by atomic mass is 10.2. The summed E-state index contributed by atoms with van der Waals surface area (Å²) in [6, 6.07) is 4.64. The topological polar surface area (TPSA) is 0 Å². The van der Waals surface area contributed by atoms with Gasteiger partial charge in [-0.2, -0.15) is 0 Å². The number of benzene rings is 1. The normalized spacial score (nSPS) is 16.0. The maximum Gasteiger partial charge on any atom is 0.0417 e. The van der Waals surface area contributed by atoms with Gasteiger partial charge >= 0.3 is 0 Å². The summed E-state index contributed by atoms with van der Waals surface area (Å²) in [5, 5.41) is 0.523. The van der Waals surface area contributed by atoms with Gasteiger partial charge in [-0.15, -0.1) is 0 Å². The van der Waals surface area contributed by atoms with Crippen LogP contribution >= 0.6 is 27.5 Å². The highest BCUT2D eigenvalue weighted by atomic mass is 79.9. The Morgan fingerprint density at radius 1 is 1.67 bits per heavy atom. The molecule has 0 saturated carbocycles. The van der Waals surface area contributed by atoms with E-state index < -0.39 is 6.85 Å². The van der Waals surface area contributed by atoms with Gasteiger partial charge in [0.15, 0.2) is 0 Å². The van der Waals surface area contributed by atoms with Gasteiger partial charge in [0.05, 0.1) is 0 Å². The molecule has 0 aliphatic heterocycles. The summed E-state index contributed by atoms with van der Waals surface area (Å²) >= 11 is 8.79. The fourth-order valence-corrected chi connectivity index (χ4v) is 1.17. The molecular weight excluding hydrogens is 199 g/mol. The molecule has 0 aromatic heterocycles. The van der Waals surface area contributed by atoms with Crippen LogP contribution in [0.15, 0.2) is 22.7 Å². The molecule has 0 amide bonds. The minimum Gasteiger partial charge on any atom is -0.0843 e. The van der Waals surface area contributed by atoms with Gasteiger partial charge in [-0.25, -0.2) is 0 Å². The number of hydrogen-bond donors (Lipinski definition) is 0. The van der Waals surface area contributed by atoms with Crippen LogP contribution < -0.4 is 0 Å². The Bertz CT molecular complexity index is 295. The van der Waals surface area contributed by atoms with Gasteiger partial charge in [0.25, 0.3) is 0 Å². The molecule has 0 nitrogen and oxygen atoms in total. The SMILES string of the molecule is [2H]C([2H])([2H])c1ccc(Cl)cc1Br. The first-order valence-corrected chi connectivity index (χ1v) is 3.54. The van der Waals surface area contributed by atoms with Crippen LogP contribution in [0.25, 0.3) is 0 Å². The number of halogens is 2. The highest BCUT2D eigenvalue weighted by molar-refractivity contribution is 9.10. The van der Waals surface area contributed by atoms with Crippen molar-refractivity contribution in [3.05, 3.63) is 33.3 Å². The minimum atomic E-state index is -2.08. The molecular formula is C7H6BrCl. The zero-order chi connectivity index (χ0) is 9.35. The zero-order valence-electron chi connectivity index (χ0n) is 7.49. The van der Waals surface area contributed by atoms with E-state index in [1.165, 1.54) is 6.07 Å². The Kier molecular flexibility index (Phi) is 1.20. The van der Waals surface area contributed by atoms with Crippen LogP contribution in [0.4, 0.5) is 0 Å². The van der Waals surface area contributed by atoms with E-state index in [9.17, 15) is 0 Å². The smallest absolute Gasteiger partial charge is 0.0417 e. The molecule has 2 heteroatoms. The van der Waals surface area contributed by atoms with E-state index in [1.807, 2.05) is 0 Å². The second-order valence-electron chi connectivity index (χ2n) is 1.62. The van der Waals surface area contributed by atoms with Gasteiger partial charge < -0.3 is 0 Å². The second-order valence-corrected chi connectivity index (χ2v) is 2.91. The Hall–Kier alpha value is -0.0100. The second kappa shape index (κ2) is 2.72. The van der Waals surface area contributed by atoms with Crippen LogP contribution in [0.1, 0.15) is 9.68 Å². The molecule has 0 heterocycles. The predicted octanol–water partition coefficient (Wildman–Crippen LogP) is 3.41. The summed E-state index contributed by atoms with van der Waals surface area (Å²) in [5.41, 5.74) is 0.284. The molecule has 0 atom stereocenters. The van der Waals surface area contributed by atoms with Crippen LogP contribution in [0, 0.1) is 6.85 Å². The molecule has 48 valence electrons. The average Bonchev–Trinajstić information content (AvgIpc) is 1.83. The van der Waals surface area contributed by atoms with Crippen molar-refractivity contribution >= 4 is 27.5 Å². The molecule has 0 bridgehead atoms. The van der Waals surface area contributed by atoms with Crippen LogP contribution in [-0.2, 0) is 0 Å². The van der Waals surface area contributed by atoms with Crippen LogP contribution in [0.3, 0.4) is 0 Å². The number of rotatable bonds is 0. The summed E-state index contributed by atoms with van der Waals surface area (Å²) in [7, 11) is 0. The van der Waals surface area contributed by atoms with E-state index >= 15 is 0 Å². The summed E-state index contributed by atoms with van der Waals surface area (Å²) in [6.07, 6.45) is 0. The fraction of sp³-hybridized carbons (Fsp3) is 0.143.